The van der Waals surface area contributed by atoms with Gasteiger partial charge >= 0.3 is 0 Å². The third kappa shape index (κ3) is 3.06. The molecule has 0 aromatic heterocycles. The third-order valence-corrected chi connectivity index (χ3v) is 3.82. The van der Waals surface area contributed by atoms with Crippen molar-refractivity contribution in [2.75, 3.05) is 0 Å². The van der Waals surface area contributed by atoms with Crippen LogP contribution in [-0.2, 0) is 0 Å². The summed E-state index contributed by atoms with van der Waals surface area (Å²) in [6.45, 7) is 2.04. The highest BCUT2D eigenvalue weighted by Gasteiger charge is 2.16. The molecule has 0 amide bonds. The molecule has 3 aromatic rings. The number of hydrogen-bond acceptors (Lipinski definition) is 0. The van der Waals surface area contributed by atoms with Crippen LogP contribution in [0.1, 0.15) is 28.2 Å². The van der Waals surface area contributed by atoms with Gasteiger partial charge in [0.15, 0.2) is 0 Å². The molecule has 0 saturated carbocycles. The van der Waals surface area contributed by atoms with Crippen LogP contribution < -0.4 is 0 Å². The van der Waals surface area contributed by atoms with Crippen molar-refractivity contribution in [2.24, 2.45) is 0 Å². The number of benzene rings is 3. The fourth-order valence-corrected chi connectivity index (χ4v) is 2.65. The number of rotatable bonds is 3. The summed E-state index contributed by atoms with van der Waals surface area (Å²) in [5.74, 6) is -0.558. The number of halogens is 2. The minimum absolute atomic E-state index is 0.0400. The molecule has 0 bridgehead atoms. The number of hydrogen-bond donors (Lipinski definition) is 0. The summed E-state index contributed by atoms with van der Waals surface area (Å²) >= 11 is 0. The van der Waals surface area contributed by atoms with Crippen LogP contribution in [0, 0.1) is 18.6 Å². The van der Waals surface area contributed by atoms with Gasteiger partial charge in [0.25, 0.3) is 0 Å². The van der Waals surface area contributed by atoms with Crippen LogP contribution in [0.25, 0.3) is 0 Å². The Balaban J connectivity index is 2.10. The first-order chi connectivity index (χ1) is 10.6. The molecule has 0 aliphatic carbocycles. The van der Waals surface area contributed by atoms with Crippen LogP contribution in [0.5, 0.6) is 0 Å². The van der Waals surface area contributed by atoms with Crippen molar-refractivity contribution >= 4 is 0 Å². The van der Waals surface area contributed by atoms with E-state index in [-0.39, 0.29) is 17.6 Å². The first kappa shape index (κ1) is 14.5. The van der Waals surface area contributed by atoms with Crippen LogP contribution >= 0.6 is 0 Å². The Morgan fingerprint density at radius 1 is 0.545 bits per heavy atom. The predicted molar refractivity (Wildman–Crippen MR) is 84.9 cm³/mol. The highest BCUT2D eigenvalue weighted by molar-refractivity contribution is 5.43. The van der Waals surface area contributed by atoms with E-state index in [1.54, 1.807) is 24.3 Å². The molecule has 2 heteroatoms. The molecule has 22 heavy (non-hydrogen) atoms. The minimum Gasteiger partial charge on any atom is -0.207 e. The van der Waals surface area contributed by atoms with Crippen molar-refractivity contribution in [1.29, 1.82) is 0 Å². The first-order valence-electron chi connectivity index (χ1n) is 7.21. The van der Waals surface area contributed by atoms with Crippen LogP contribution in [0.15, 0.2) is 72.8 Å². The lowest BCUT2D eigenvalue weighted by molar-refractivity contribution is 0.626. The molecular weight excluding hydrogens is 278 g/mol. The average molecular weight is 294 g/mol. The Morgan fingerprint density at radius 3 is 1.23 bits per heavy atom. The van der Waals surface area contributed by atoms with Gasteiger partial charge in [-0.3, -0.25) is 0 Å². The van der Waals surface area contributed by atoms with Crippen molar-refractivity contribution in [3.8, 4) is 0 Å². The lowest BCUT2D eigenvalue weighted by Crippen LogP contribution is -2.03. The summed E-state index contributed by atoms with van der Waals surface area (Å²) in [4.78, 5) is 0. The quantitative estimate of drug-likeness (QED) is 0.563. The summed E-state index contributed by atoms with van der Waals surface area (Å²) in [5, 5.41) is 0. The largest absolute Gasteiger partial charge is 0.207 e. The Morgan fingerprint density at radius 2 is 0.864 bits per heavy atom. The molecule has 0 radical (unpaired) electrons. The molecule has 0 N–H and O–H groups in total. The van der Waals surface area contributed by atoms with E-state index in [0.717, 1.165) is 16.7 Å². The van der Waals surface area contributed by atoms with E-state index < -0.39 is 0 Å². The number of aryl methyl sites for hydroxylation is 1. The van der Waals surface area contributed by atoms with Gasteiger partial charge in [-0.15, -0.1) is 0 Å². The molecule has 3 aromatic carbocycles. The molecule has 110 valence electrons. The Bertz CT molecular complexity index is 633. The minimum atomic E-state index is -0.259. The average Bonchev–Trinajstić information content (AvgIpc) is 2.53. The van der Waals surface area contributed by atoms with Gasteiger partial charge in [-0.05, 0) is 47.9 Å². The van der Waals surface area contributed by atoms with E-state index in [1.165, 1.54) is 29.8 Å². The molecule has 0 saturated heterocycles. The zero-order valence-corrected chi connectivity index (χ0v) is 12.3. The molecule has 0 heterocycles. The summed E-state index contributed by atoms with van der Waals surface area (Å²) in [6, 6.07) is 21.2. The maximum absolute atomic E-state index is 13.2. The molecule has 0 nitrogen and oxygen atoms in total. The van der Waals surface area contributed by atoms with Gasteiger partial charge < -0.3 is 0 Å². The zero-order chi connectivity index (χ0) is 15.5. The smallest absolute Gasteiger partial charge is 0.123 e. The van der Waals surface area contributed by atoms with Gasteiger partial charge in [-0.1, -0.05) is 54.1 Å². The maximum atomic E-state index is 13.2. The summed E-state index contributed by atoms with van der Waals surface area (Å²) in [6.07, 6.45) is 0. The lowest BCUT2D eigenvalue weighted by atomic mass is 9.85. The van der Waals surface area contributed by atoms with Gasteiger partial charge in [-0.2, -0.15) is 0 Å². The second-order valence-electron chi connectivity index (χ2n) is 5.45. The van der Waals surface area contributed by atoms with Crippen LogP contribution in [-0.4, -0.2) is 0 Å². The molecular formula is C20H16F2. The van der Waals surface area contributed by atoms with Gasteiger partial charge in [0, 0.05) is 5.92 Å². The fraction of sp³-hybridized carbons (Fsp3) is 0.100. The van der Waals surface area contributed by atoms with E-state index in [4.69, 9.17) is 0 Å². The molecule has 0 fully saturated rings. The Hall–Kier alpha value is -2.48. The monoisotopic (exact) mass is 294 g/mol. The van der Waals surface area contributed by atoms with Gasteiger partial charge in [0.2, 0.25) is 0 Å². The second-order valence-corrected chi connectivity index (χ2v) is 5.45. The van der Waals surface area contributed by atoms with Gasteiger partial charge in [0.1, 0.15) is 11.6 Å². The molecule has 0 unspecified atom stereocenters. The summed E-state index contributed by atoms with van der Waals surface area (Å²) in [5.41, 5.74) is 4.25. The highest BCUT2D eigenvalue weighted by atomic mass is 19.1. The molecule has 0 aliphatic heterocycles. The van der Waals surface area contributed by atoms with Crippen LogP contribution in [0.2, 0.25) is 0 Å². The van der Waals surface area contributed by atoms with E-state index in [1.807, 2.05) is 6.92 Å². The Kier molecular flexibility index (Phi) is 4.01. The van der Waals surface area contributed by atoms with Crippen molar-refractivity contribution in [1.82, 2.24) is 0 Å². The molecule has 3 rings (SSSR count). The standard InChI is InChI=1S/C20H16F2/c1-14-2-4-15(5-3-14)20(16-6-10-18(21)11-7-16)17-8-12-19(22)13-9-17/h2-13,20H,1H3. The van der Waals surface area contributed by atoms with Crippen LogP contribution in [0.3, 0.4) is 0 Å². The molecule has 0 spiro atoms. The highest BCUT2D eigenvalue weighted by Crippen LogP contribution is 2.32. The molecule has 0 atom stereocenters. The van der Waals surface area contributed by atoms with Crippen molar-refractivity contribution in [3.05, 3.63) is 107 Å². The van der Waals surface area contributed by atoms with Gasteiger partial charge in [0.05, 0.1) is 0 Å². The Labute approximate surface area is 129 Å². The fourth-order valence-electron chi connectivity index (χ4n) is 2.65. The van der Waals surface area contributed by atoms with E-state index >= 15 is 0 Å². The van der Waals surface area contributed by atoms with Crippen molar-refractivity contribution in [2.45, 2.75) is 12.8 Å². The third-order valence-electron chi connectivity index (χ3n) is 3.82. The van der Waals surface area contributed by atoms with Crippen molar-refractivity contribution in [3.63, 3.8) is 0 Å². The summed E-state index contributed by atoms with van der Waals surface area (Å²) < 4.78 is 26.4. The SMILES string of the molecule is Cc1ccc(C(c2ccc(F)cc2)c2ccc(F)cc2)cc1. The van der Waals surface area contributed by atoms with Crippen molar-refractivity contribution < 1.29 is 8.78 Å². The normalized spacial score (nSPS) is 10.9. The molecule has 0 aliphatic rings. The summed E-state index contributed by atoms with van der Waals surface area (Å²) in [7, 11) is 0. The van der Waals surface area contributed by atoms with Gasteiger partial charge in [-0.25, -0.2) is 8.78 Å². The predicted octanol–water partition coefficient (Wildman–Crippen LogP) is 5.45. The lowest BCUT2D eigenvalue weighted by Gasteiger charge is -2.19. The van der Waals surface area contributed by atoms with E-state index in [0.29, 0.717) is 0 Å². The van der Waals surface area contributed by atoms with E-state index in [2.05, 4.69) is 24.3 Å². The zero-order valence-electron chi connectivity index (χ0n) is 12.3. The van der Waals surface area contributed by atoms with E-state index in [9.17, 15) is 8.78 Å². The topological polar surface area (TPSA) is 0 Å². The first-order valence-corrected chi connectivity index (χ1v) is 7.21. The second kappa shape index (κ2) is 6.10. The maximum Gasteiger partial charge on any atom is 0.123 e. The van der Waals surface area contributed by atoms with Crippen LogP contribution in [0.4, 0.5) is 8.78 Å².